The molecule has 0 fully saturated rings. The zero-order valence-corrected chi connectivity index (χ0v) is 17.4. The molecule has 1 aromatic carbocycles. The fraction of sp³-hybridized carbons (Fsp3) is 0.652. The molecule has 0 spiro atoms. The Labute approximate surface area is 165 Å². The predicted octanol–water partition coefficient (Wildman–Crippen LogP) is 6.52. The van der Waals surface area contributed by atoms with Crippen LogP contribution in [0.15, 0.2) is 18.2 Å². The SMILES string of the molecule is CCCCC=CCCCCCCCCCc1c(O)c(OC)cc(OC)c1O. The van der Waals surface area contributed by atoms with Crippen molar-refractivity contribution in [1.82, 2.24) is 0 Å². The van der Waals surface area contributed by atoms with Gasteiger partial charge in [-0.05, 0) is 32.1 Å². The van der Waals surface area contributed by atoms with Crippen molar-refractivity contribution in [2.45, 2.75) is 84.0 Å². The first-order chi connectivity index (χ1) is 13.2. The average Bonchev–Trinajstić information content (AvgIpc) is 2.68. The quantitative estimate of drug-likeness (QED) is 0.269. The van der Waals surface area contributed by atoms with Gasteiger partial charge in [-0.15, -0.1) is 0 Å². The molecule has 0 saturated heterocycles. The molecule has 0 aliphatic rings. The summed E-state index contributed by atoms with van der Waals surface area (Å²) in [6.45, 7) is 2.23. The predicted molar refractivity (Wildman–Crippen MR) is 112 cm³/mol. The van der Waals surface area contributed by atoms with Crippen LogP contribution in [-0.2, 0) is 6.42 Å². The summed E-state index contributed by atoms with van der Waals surface area (Å²) in [5.41, 5.74) is 0.515. The van der Waals surface area contributed by atoms with Crippen LogP contribution < -0.4 is 9.47 Å². The van der Waals surface area contributed by atoms with Crippen molar-refractivity contribution in [2.24, 2.45) is 0 Å². The highest BCUT2D eigenvalue weighted by Gasteiger charge is 2.18. The lowest BCUT2D eigenvalue weighted by atomic mass is 10.0. The van der Waals surface area contributed by atoms with Gasteiger partial charge in [0.25, 0.3) is 0 Å². The van der Waals surface area contributed by atoms with Crippen LogP contribution in [-0.4, -0.2) is 24.4 Å². The van der Waals surface area contributed by atoms with E-state index in [1.807, 2.05) is 0 Å². The summed E-state index contributed by atoms with van der Waals surface area (Å²) in [7, 11) is 2.99. The molecule has 0 aromatic heterocycles. The van der Waals surface area contributed by atoms with Crippen LogP contribution in [0.3, 0.4) is 0 Å². The molecule has 1 aromatic rings. The number of phenols is 2. The van der Waals surface area contributed by atoms with Crippen molar-refractivity contribution >= 4 is 0 Å². The van der Waals surface area contributed by atoms with Gasteiger partial charge in [-0.25, -0.2) is 0 Å². The van der Waals surface area contributed by atoms with E-state index in [1.165, 1.54) is 78.1 Å². The lowest BCUT2D eigenvalue weighted by Crippen LogP contribution is -1.95. The van der Waals surface area contributed by atoms with E-state index in [1.54, 1.807) is 0 Å². The number of benzene rings is 1. The van der Waals surface area contributed by atoms with Crippen LogP contribution >= 0.6 is 0 Å². The number of rotatable bonds is 15. The third-order valence-corrected chi connectivity index (χ3v) is 4.93. The molecule has 0 aliphatic heterocycles. The molecule has 0 bridgehead atoms. The van der Waals surface area contributed by atoms with E-state index in [9.17, 15) is 10.2 Å². The molecule has 0 atom stereocenters. The summed E-state index contributed by atoms with van der Waals surface area (Å²) in [5.74, 6) is 0.706. The molecule has 154 valence electrons. The van der Waals surface area contributed by atoms with Crippen molar-refractivity contribution in [3.63, 3.8) is 0 Å². The van der Waals surface area contributed by atoms with Gasteiger partial charge in [0.05, 0.1) is 14.2 Å². The maximum absolute atomic E-state index is 10.2. The lowest BCUT2D eigenvalue weighted by molar-refractivity contribution is 0.340. The second kappa shape index (κ2) is 14.2. The minimum atomic E-state index is 0.0165. The molecule has 0 heterocycles. The summed E-state index contributed by atoms with van der Waals surface area (Å²) in [4.78, 5) is 0. The standard InChI is InChI=1S/C23H38O4/c1-4-5-6-7-8-9-10-11-12-13-14-15-16-17-19-22(24)20(26-2)18-21(27-3)23(19)25/h7-8,18,24-25H,4-6,9-17H2,1-3H3. The minimum absolute atomic E-state index is 0.0165. The largest absolute Gasteiger partial charge is 0.504 e. The normalized spacial score (nSPS) is 11.2. The van der Waals surface area contributed by atoms with Gasteiger partial charge in [0.1, 0.15) is 0 Å². The van der Waals surface area contributed by atoms with Gasteiger partial charge in [-0.1, -0.05) is 64.0 Å². The highest BCUT2D eigenvalue weighted by molar-refractivity contribution is 5.59. The van der Waals surface area contributed by atoms with Gasteiger partial charge in [0.15, 0.2) is 23.0 Å². The maximum Gasteiger partial charge on any atom is 0.164 e. The number of ether oxygens (including phenoxy) is 2. The van der Waals surface area contributed by atoms with Crippen molar-refractivity contribution in [3.8, 4) is 23.0 Å². The Bertz CT molecular complexity index is 524. The Hall–Kier alpha value is -1.84. The molecule has 0 amide bonds. The number of allylic oxidation sites excluding steroid dienone is 2. The number of hydrogen-bond acceptors (Lipinski definition) is 4. The van der Waals surface area contributed by atoms with Crippen LogP contribution in [0.25, 0.3) is 0 Å². The number of aromatic hydroxyl groups is 2. The fourth-order valence-electron chi connectivity index (χ4n) is 3.22. The number of unbranched alkanes of at least 4 members (excludes halogenated alkanes) is 9. The molecule has 1 rings (SSSR count). The topological polar surface area (TPSA) is 58.9 Å². The maximum atomic E-state index is 10.2. The Morgan fingerprint density at radius 1 is 0.741 bits per heavy atom. The highest BCUT2D eigenvalue weighted by atomic mass is 16.5. The molecule has 4 nitrogen and oxygen atoms in total. The molecule has 27 heavy (non-hydrogen) atoms. The van der Waals surface area contributed by atoms with Crippen LogP contribution in [0, 0.1) is 0 Å². The first kappa shape index (κ1) is 23.2. The first-order valence-electron chi connectivity index (χ1n) is 10.5. The summed E-state index contributed by atoms with van der Waals surface area (Å²) >= 11 is 0. The first-order valence-corrected chi connectivity index (χ1v) is 10.5. The summed E-state index contributed by atoms with van der Waals surface area (Å²) in [6, 6.07) is 1.51. The molecule has 4 heteroatoms. The van der Waals surface area contributed by atoms with Crippen molar-refractivity contribution < 1.29 is 19.7 Å². The van der Waals surface area contributed by atoms with Crippen LogP contribution in [0.4, 0.5) is 0 Å². The summed E-state index contributed by atoms with van der Waals surface area (Å²) < 4.78 is 10.3. The molecule has 2 N–H and O–H groups in total. The highest BCUT2D eigenvalue weighted by Crippen LogP contribution is 2.43. The van der Waals surface area contributed by atoms with Crippen LogP contribution in [0.5, 0.6) is 23.0 Å². The minimum Gasteiger partial charge on any atom is -0.504 e. The second-order valence-corrected chi connectivity index (χ2v) is 7.08. The van der Waals surface area contributed by atoms with Gasteiger partial charge < -0.3 is 19.7 Å². The van der Waals surface area contributed by atoms with Gasteiger partial charge in [0, 0.05) is 11.6 Å². The Morgan fingerprint density at radius 3 is 1.74 bits per heavy atom. The lowest BCUT2D eigenvalue weighted by Gasteiger charge is -2.14. The van der Waals surface area contributed by atoms with Gasteiger partial charge in [-0.3, -0.25) is 0 Å². The second-order valence-electron chi connectivity index (χ2n) is 7.08. The van der Waals surface area contributed by atoms with Crippen LogP contribution in [0.2, 0.25) is 0 Å². The molecule has 0 radical (unpaired) electrons. The Morgan fingerprint density at radius 2 is 1.22 bits per heavy atom. The van der Waals surface area contributed by atoms with Gasteiger partial charge in [0.2, 0.25) is 0 Å². The fourth-order valence-corrected chi connectivity index (χ4v) is 3.22. The number of hydrogen-bond donors (Lipinski definition) is 2. The third kappa shape index (κ3) is 8.59. The monoisotopic (exact) mass is 378 g/mol. The number of methoxy groups -OCH3 is 2. The molecule has 0 unspecified atom stereocenters. The van der Waals surface area contributed by atoms with E-state index < -0.39 is 0 Å². The van der Waals surface area contributed by atoms with Crippen molar-refractivity contribution in [3.05, 3.63) is 23.8 Å². The van der Waals surface area contributed by atoms with Crippen molar-refractivity contribution in [2.75, 3.05) is 14.2 Å². The van der Waals surface area contributed by atoms with E-state index in [0.717, 1.165) is 12.8 Å². The third-order valence-electron chi connectivity index (χ3n) is 4.93. The Kier molecular flexibility index (Phi) is 12.2. The Balaban J connectivity index is 2.19. The van der Waals surface area contributed by atoms with E-state index in [0.29, 0.717) is 23.5 Å². The molecular formula is C23H38O4. The average molecular weight is 379 g/mol. The van der Waals surface area contributed by atoms with Gasteiger partial charge >= 0.3 is 0 Å². The van der Waals surface area contributed by atoms with Crippen molar-refractivity contribution in [1.29, 1.82) is 0 Å². The molecule has 0 aliphatic carbocycles. The zero-order valence-electron chi connectivity index (χ0n) is 17.4. The van der Waals surface area contributed by atoms with Crippen LogP contribution in [0.1, 0.15) is 83.1 Å². The molecule has 0 saturated carbocycles. The smallest absolute Gasteiger partial charge is 0.164 e. The number of phenolic OH excluding ortho intramolecular Hbond substituents is 2. The van der Waals surface area contributed by atoms with E-state index in [4.69, 9.17) is 9.47 Å². The van der Waals surface area contributed by atoms with E-state index >= 15 is 0 Å². The molecular weight excluding hydrogens is 340 g/mol. The van der Waals surface area contributed by atoms with Gasteiger partial charge in [-0.2, -0.15) is 0 Å². The zero-order chi connectivity index (χ0) is 19.9. The van der Waals surface area contributed by atoms with E-state index in [2.05, 4.69) is 19.1 Å². The summed E-state index contributed by atoms with van der Waals surface area (Å²) in [6.07, 6.45) is 18.6. The van der Waals surface area contributed by atoms with E-state index in [-0.39, 0.29) is 11.5 Å². The summed E-state index contributed by atoms with van der Waals surface area (Å²) in [5, 5.41) is 20.5.